The average Bonchev–Trinajstić information content (AvgIpc) is 2.72. The number of nitrogens with two attached hydrogens (primary N) is 1. The van der Waals surface area contributed by atoms with E-state index in [-0.39, 0.29) is 19.4 Å². The van der Waals surface area contributed by atoms with Gasteiger partial charge in [-0.3, -0.25) is 4.79 Å². The molecule has 2 amide bonds. The Labute approximate surface area is 176 Å². The van der Waals surface area contributed by atoms with E-state index in [0.717, 1.165) is 12.1 Å². The van der Waals surface area contributed by atoms with E-state index in [4.69, 9.17) is 10.5 Å². The van der Waals surface area contributed by atoms with Crippen molar-refractivity contribution >= 4 is 12.0 Å². The third-order valence-corrected chi connectivity index (χ3v) is 5.61. The first-order valence-corrected chi connectivity index (χ1v) is 9.73. The van der Waals surface area contributed by atoms with Crippen LogP contribution < -0.4 is 5.73 Å². The molecule has 1 aliphatic heterocycles. The van der Waals surface area contributed by atoms with Crippen LogP contribution in [0.3, 0.4) is 0 Å². The number of hydrogen-bond donors (Lipinski definition) is 1. The van der Waals surface area contributed by atoms with E-state index in [1.807, 2.05) is 0 Å². The minimum Gasteiger partial charge on any atom is -0.438 e. The second kappa shape index (κ2) is 8.56. The number of primary amides is 1. The molecule has 31 heavy (non-hydrogen) atoms. The number of cyclic esters (lactones) is 1. The summed E-state index contributed by atoms with van der Waals surface area (Å²) >= 11 is 0. The van der Waals surface area contributed by atoms with Crippen LogP contribution in [0.4, 0.5) is 22.4 Å². The molecule has 0 saturated carbocycles. The molecule has 166 valence electrons. The van der Waals surface area contributed by atoms with Gasteiger partial charge < -0.3 is 15.4 Å². The van der Waals surface area contributed by atoms with Gasteiger partial charge in [0.25, 0.3) is 0 Å². The number of alkyl halides is 3. The van der Waals surface area contributed by atoms with Crippen molar-refractivity contribution in [1.82, 2.24) is 4.90 Å². The average molecular weight is 438 g/mol. The molecule has 0 radical (unpaired) electrons. The molecule has 0 aromatic heterocycles. The quantitative estimate of drug-likeness (QED) is 0.652. The number of amides is 2. The Morgan fingerprint density at radius 1 is 1.16 bits per heavy atom. The predicted octanol–water partition coefficient (Wildman–Crippen LogP) is 4.91. The van der Waals surface area contributed by atoms with Crippen LogP contribution in [0.15, 0.2) is 48.5 Å². The molecule has 1 heterocycles. The second-order valence-corrected chi connectivity index (χ2v) is 7.57. The van der Waals surface area contributed by atoms with Gasteiger partial charge in [-0.2, -0.15) is 13.2 Å². The number of carbonyl (C=O) groups excluding carboxylic acids is 2. The maximum atomic E-state index is 13.4. The zero-order valence-corrected chi connectivity index (χ0v) is 16.8. The molecule has 3 rings (SSSR count). The summed E-state index contributed by atoms with van der Waals surface area (Å²) in [6.45, 7) is 1.93. The van der Waals surface area contributed by atoms with Crippen molar-refractivity contribution in [3.8, 4) is 0 Å². The fraction of sp³-hybridized carbons (Fsp3) is 0.364. The van der Waals surface area contributed by atoms with Gasteiger partial charge in [-0.05, 0) is 42.3 Å². The van der Waals surface area contributed by atoms with Crippen molar-refractivity contribution in [2.24, 2.45) is 5.73 Å². The maximum absolute atomic E-state index is 13.4. The molecule has 2 aromatic rings. The number of nitrogens with zero attached hydrogens (tertiary/aromatic N) is 1. The molecule has 1 fully saturated rings. The fourth-order valence-corrected chi connectivity index (χ4v) is 3.75. The van der Waals surface area contributed by atoms with Gasteiger partial charge in [-0.25, -0.2) is 9.18 Å². The van der Waals surface area contributed by atoms with Crippen LogP contribution in [0.5, 0.6) is 0 Å². The van der Waals surface area contributed by atoms with Crippen LogP contribution in [0.25, 0.3) is 0 Å². The minimum absolute atomic E-state index is 0.0287. The highest BCUT2D eigenvalue weighted by atomic mass is 19.4. The van der Waals surface area contributed by atoms with Crippen molar-refractivity contribution in [2.75, 3.05) is 6.54 Å². The lowest BCUT2D eigenvalue weighted by Gasteiger charge is -2.43. The Hall–Kier alpha value is -3.10. The van der Waals surface area contributed by atoms with E-state index >= 15 is 0 Å². The predicted molar refractivity (Wildman–Crippen MR) is 104 cm³/mol. The highest BCUT2D eigenvalue weighted by Crippen LogP contribution is 2.40. The molecule has 0 bridgehead atoms. The van der Waals surface area contributed by atoms with Gasteiger partial charge in [0, 0.05) is 25.8 Å². The van der Waals surface area contributed by atoms with Crippen LogP contribution in [-0.2, 0) is 21.3 Å². The molecular formula is C22H22F4N2O3. The van der Waals surface area contributed by atoms with E-state index in [9.17, 15) is 27.2 Å². The molecule has 1 aliphatic rings. The Morgan fingerprint density at radius 2 is 1.77 bits per heavy atom. The van der Waals surface area contributed by atoms with Crippen molar-refractivity contribution in [1.29, 1.82) is 0 Å². The summed E-state index contributed by atoms with van der Waals surface area (Å²) in [4.78, 5) is 25.6. The molecule has 2 aromatic carbocycles. The molecule has 9 heteroatoms. The van der Waals surface area contributed by atoms with Crippen molar-refractivity contribution in [3.63, 3.8) is 0 Å². The topological polar surface area (TPSA) is 72.6 Å². The molecular weight excluding hydrogens is 416 g/mol. The molecule has 2 atom stereocenters. The summed E-state index contributed by atoms with van der Waals surface area (Å²) in [6, 6.07) is 9.55. The lowest BCUT2D eigenvalue weighted by atomic mass is 9.84. The Balaban J connectivity index is 1.81. The Morgan fingerprint density at radius 3 is 2.29 bits per heavy atom. The normalized spacial score (nSPS) is 20.3. The fourth-order valence-electron chi connectivity index (χ4n) is 3.75. The third-order valence-electron chi connectivity index (χ3n) is 5.61. The number of hydrogen-bond acceptors (Lipinski definition) is 3. The zero-order valence-electron chi connectivity index (χ0n) is 16.8. The minimum atomic E-state index is -4.44. The van der Waals surface area contributed by atoms with Crippen LogP contribution in [0, 0.1) is 5.82 Å². The molecule has 1 unspecified atom stereocenters. The summed E-state index contributed by atoms with van der Waals surface area (Å²) in [5.74, 6) is -1.01. The van der Waals surface area contributed by atoms with E-state index in [1.165, 1.54) is 41.3 Å². The standard InChI is InChI=1S/C22H22F4N2O3/c1-14(15-2-4-17(5-3-15)22(24,25)26)28-13-12-21(31-20(28)30,11-10-19(27)29)16-6-8-18(23)9-7-16/h2-9,14H,10-13H2,1H3,(H2,27,29)/t14-,21?/m0/s1. The number of benzene rings is 2. The van der Waals surface area contributed by atoms with Gasteiger partial charge in [0.05, 0.1) is 11.6 Å². The Bertz CT molecular complexity index is 945. The summed E-state index contributed by atoms with van der Waals surface area (Å²) in [5, 5.41) is 0. The summed E-state index contributed by atoms with van der Waals surface area (Å²) in [6.07, 6.45) is -4.70. The smallest absolute Gasteiger partial charge is 0.416 e. The third kappa shape index (κ3) is 4.98. The number of carbonyl (C=O) groups is 2. The lowest BCUT2D eigenvalue weighted by Crippen LogP contribution is -2.49. The van der Waals surface area contributed by atoms with Crippen LogP contribution in [-0.4, -0.2) is 23.4 Å². The Kier molecular flexibility index (Phi) is 6.24. The molecule has 5 nitrogen and oxygen atoms in total. The highest BCUT2D eigenvalue weighted by Gasteiger charge is 2.43. The zero-order chi connectivity index (χ0) is 22.8. The largest absolute Gasteiger partial charge is 0.438 e. The monoisotopic (exact) mass is 438 g/mol. The van der Waals surface area contributed by atoms with Crippen molar-refractivity contribution in [3.05, 3.63) is 71.0 Å². The SMILES string of the molecule is C[C@@H](c1ccc(C(F)(F)F)cc1)N1CCC(CCC(N)=O)(c2ccc(F)cc2)OC1=O. The van der Waals surface area contributed by atoms with E-state index in [1.54, 1.807) is 6.92 Å². The van der Waals surface area contributed by atoms with E-state index in [0.29, 0.717) is 17.5 Å². The van der Waals surface area contributed by atoms with Crippen LogP contribution >= 0.6 is 0 Å². The summed E-state index contributed by atoms with van der Waals surface area (Å²) in [5.41, 5.74) is 4.43. The van der Waals surface area contributed by atoms with Gasteiger partial charge in [-0.1, -0.05) is 24.3 Å². The molecule has 0 spiro atoms. The lowest BCUT2D eigenvalue weighted by molar-refractivity contribution is -0.137. The first-order valence-electron chi connectivity index (χ1n) is 9.73. The van der Waals surface area contributed by atoms with Gasteiger partial charge in [0.2, 0.25) is 5.91 Å². The van der Waals surface area contributed by atoms with Gasteiger partial charge in [0.1, 0.15) is 11.4 Å². The van der Waals surface area contributed by atoms with Crippen molar-refractivity contribution in [2.45, 2.75) is 44.0 Å². The van der Waals surface area contributed by atoms with E-state index in [2.05, 4.69) is 0 Å². The molecule has 2 N–H and O–H groups in total. The van der Waals surface area contributed by atoms with Crippen LogP contribution in [0.1, 0.15) is 48.9 Å². The van der Waals surface area contributed by atoms with Crippen LogP contribution in [0.2, 0.25) is 0 Å². The summed E-state index contributed by atoms with van der Waals surface area (Å²) in [7, 11) is 0. The number of halogens is 4. The maximum Gasteiger partial charge on any atom is 0.416 e. The van der Waals surface area contributed by atoms with E-state index < -0.39 is 41.2 Å². The van der Waals surface area contributed by atoms with Crippen molar-refractivity contribution < 1.29 is 31.9 Å². The molecule has 1 saturated heterocycles. The number of rotatable bonds is 6. The summed E-state index contributed by atoms with van der Waals surface area (Å²) < 4.78 is 57.5. The second-order valence-electron chi connectivity index (χ2n) is 7.57. The highest BCUT2D eigenvalue weighted by molar-refractivity contribution is 5.74. The molecule has 0 aliphatic carbocycles. The van der Waals surface area contributed by atoms with Gasteiger partial charge in [-0.15, -0.1) is 0 Å². The van der Waals surface area contributed by atoms with Gasteiger partial charge >= 0.3 is 12.3 Å². The first kappa shape index (κ1) is 22.6. The van der Waals surface area contributed by atoms with Gasteiger partial charge in [0.15, 0.2) is 0 Å². The first-order chi connectivity index (χ1) is 14.5. The number of ether oxygens (including phenoxy) is 1.